The first kappa shape index (κ1) is 17.1. The number of nitrogens with one attached hydrogen (secondary N) is 1. The third-order valence-corrected chi connectivity index (χ3v) is 6.15. The Labute approximate surface area is 153 Å². The smallest absolute Gasteiger partial charge is 0.226 e. The van der Waals surface area contributed by atoms with E-state index in [-0.39, 0.29) is 17.9 Å². The Balaban J connectivity index is 1.42. The van der Waals surface area contributed by atoms with E-state index < -0.39 is 0 Å². The lowest BCUT2D eigenvalue weighted by Crippen LogP contribution is -2.40. The molecule has 6 heteroatoms. The monoisotopic (exact) mass is 354 g/mol. The number of piperidine rings is 1. The Bertz CT molecular complexity index is 859. The molecule has 1 aromatic heterocycles. The molecule has 1 aliphatic heterocycles. The molecule has 1 saturated heterocycles. The summed E-state index contributed by atoms with van der Waals surface area (Å²) in [5.74, 6) is 2.23. The lowest BCUT2D eigenvalue weighted by atomic mass is 9.88. The first-order valence-corrected chi connectivity index (χ1v) is 9.35. The third-order valence-electron chi connectivity index (χ3n) is 6.15. The molecule has 1 N–H and O–H groups in total. The number of hydrogen-bond donors (Lipinski definition) is 1. The average Bonchev–Trinajstić information content (AvgIpc) is 3.16. The summed E-state index contributed by atoms with van der Waals surface area (Å²) < 4.78 is 0. The van der Waals surface area contributed by atoms with Crippen LogP contribution in [0.5, 0.6) is 0 Å². The van der Waals surface area contributed by atoms with Gasteiger partial charge in [0, 0.05) is 33.1 Å². The van der Waals surface area contributed by atoms with E-state index >= 15 is 0 Å². The fourth-order valence-electron chi connectivity index (χ4n) is 4.60. The lowest BCUT2D eigenvalue weighted by Gasteiger charge is -2.31. The second-order valence-electron chi connectivity index (χ2n) is 7.98. The molecule has 26 heavy (non-hydrogen) atoms. The zero-order chi connectivity index (χ0) is 18.4. The molecule has 1 aliphatic carbocycles. The van der Waals surface area contributed by atoms with Gasteiger partial charge in [-0.15, -0.1) is 0 Å². The second kappa shape index (κ2) is 6.41. The number of amides is 2. The summed E-state index contributed by atoms with van der Waals surface area (Å²) in [6.07, 6.45) is 2.99. The number of aromatic nitrogens is 2. The topological polar surface area (TPSA) is 69.3 Å². The van der Waals surface area contributed by atoms with Gasteiger partial charge in [0.25, 0.3) is 0 Å². The van der Waals surface area contributed by atoms with Gasteiger partial charge in [-0.1, -0.05) is 6.07 Å². The SMILES string of the molecule is Cc1nc2ccc(CC(=O)N(C)[C@H]3C[C@H]4CC(=O)N(C)C[C@H]4C3)cc2[nH]1. The summed E-state index contributed by atoms with van der Waals surface area (Å²) in [5, 5.41) is 0. The Morgan fingerprint density at radius 1 is 1.35 bits per heavy atom. The van der Waals surface area contributed by atoms with Gasteiger partial charge in [0.05, 0.1) is 17.5 Å². The number of hydrogen-bond acceptors (Lipinski definition) is 3. The first-order chi connectivity index (χ1) is 12.4. The van der Waals surface area contributed by atoms with Crippen LogP contribution < -0.4 is 0 Å². The highest BCUT2D eigenvalue weighted by Gasteiger charge is 2.42. The van der Waals surface area contributed by atoms with Crippen LogP contribution in [0.2, 0.25) is 0 Å². The van der Waals surface area contributed by atoms with Gasteiger partial charge in [0.15, 0.2) is 0 Å². The van der Waals surface area contributed by atoms with Gasteiger partial charge in [-0.2, -0.15) is 0 Å². The van der Waals surface area contributed by atoms with Crippen molar-refractivity contribution < 1.29 is 9.59 Å². The van der Waals surface area contributed by atoms with Crippen molar-refractivity contribution in [2.75, 3.05) is 20.6 Å². The zero-order valence-electron chi connectivity index (χ0n) is 15.7. The molecule has 138 valence electrons. The third kappa shape index (κ3) is 3.08. The van der Waals surface area contributed by atoms with Crippen LogP contribution in [-0.4, -0.2) is 58.3 Å². The largest absolute Gasteiger partial charge is 0.345 e. The fraction of sp³-hybridized carbons (Fsp3) is 0.550. The highest BCUT2D eigenvalue weighted by molar-refractivity contribution is 5.82. The molecule has 6 nitrogen and oxygen atoms in total. The van der Waals surface area contributed by atoms with Crippen molar-refractivity contribution in [3.05, 3.63) is 29.6 Å². The number of H-pyrrole nitrogens is 1. The minimum absolute atomic E-state index is 0.143. The number of likely N-dealkylation sites (tertiary alicyclic amines) is 1. The Kier molecular flexibility index (Phi) is 4.21. The summed E-state index contributed by atoms with van der Waals surface area (Å²) >= 11 is 0. The van der Waals surface area contributed by atoms with Gasteiger partial charge in [0.2, 0.25) is 11.8 Å². The summed E-state index contributed by atoms with van der Waals surface area (Å²) in [6, 6.07) is 6.21. The number of likely N-dealkylation sites (N-methyl/N-ethyl adjacent to an activating group) is 1. The second-order valence-corrected chi connectivity index (χ2v) is 7.98. The van der Waals surface area contributed by atoms with Crippen LogP contribution in [0, 0.1) is 18.8 Å². The van der Waals surface area contributed by atoms with Crippen molar-refractivity contribution in [3.63, 3.8) is 0 Å². The van der Waals surface area contributed by atoms with E-state index in [0.717, 1.165) is 41.8 Å². The molecule has 1 saturated carbocycles. The maximum absolute atomic E-state index is 12.8. The van der Waals surface area contributed by atoms with E-state index in [0.29, 0.717) is 24.7 Å². The van der Waals surface area contributed by atoms with E-state index in [2.05, 4.69) is 9.97 Å². The van der Waals surface area contributed by atoms with Crippen LogP contribution in [0.15, 0.2) is 18.2 Å². The van der Waals surface area contributed by atoms with E-state index in [1.807, 2.05) is 49.0 Å². The predicted octanol–water partition coefficient (Wildman–Crippen LogP) is 2.13. The van der Waals surface area contributed by atoms with Gasteiger partial charge in [-0.05, 0) is 49.3 Å². The van der Waals surface area contributed by atoms with E-state index in [1.54, 1.807) is 0 Å². The number of benzene rings is 1. The highest BCUT2D eigenvalue weighted by atomic mass is 16.2. The van der Waals surface area contributed by atoms with Crippen molar-refractivity contribution >= 4 is 22.8 Å². The van der Waals surface area contributed by atoms with Crippen molar-refractivity contribution in [2.45, 2.75) is 38.6 Å². The normalized spacial score (nSPS) is 25.6. The molecule has 0 spiro atoms. The van der Waals surface area contributed by atoms with Crippen molar-refractivity contribution in [2.24, 2.45) is 11.8 Å². The maximum atomic E-state index is 12.8. The van der Waals surface area contributed by atoms with Gasteiger partial charge in [0.1, 0.15) is 5.82 Å². The number of nitrogens with zero attached hydrogens (tertiary/aromatic N) is 3. The van der Waals surface area contributed by atoms with Crippen molar-refractivity contribution in [1.82, 2.24) is 19.8 Å². The first-order valence-electron chi connectivity index (χ1n) is 9.35. The van der Waals surface area contributed by atoms with E-state index in [9.17, 15) is 9.59 Å². The lowest BCUT2D eigenvalue weighted by molar-refractivity contribution is -0.135. The van der Waals surface area contributed by atoms with Crippen molar-refractivity contribution in [1.29, 1.82) is 0 Å². The fourth-order valence-corrected chi connectivity index (χ4v) is 4.60. The zero-order valence-corrected chi connectivity index (χ0v) is 15.7. The molecule has 0 bridgehead atoms. The summed E-state index contributed by atoms with van der Waals surface area (Å²) in [6.45, 7) is 2.76. The van der Waals surface area contributed by atoms with Gasteiger partial charge < -0.3 is 14.8 Å². The molecule has 2 fully saturated rings. The molecule has 0 radical (unpaired) electrons. The van der Waals surface area contributed by atoms with E-state index in [1.165, 1.54) is 0 Å². The molecule has 2 amide bonds. The molecule has 2 aliphatic rings. The molecular formula is C20H26N4O2. The number of aryl methyl sites for hydroxylation is 1. The number of aromatic amines is 1. The number of carbonyl (C=O) groups excluding carboxylic acids is 2. The molecule has 2 heterocycles. The van der Waals surface area contributed by atoms with Crippen LogP contribution in [-0.2, 0) is 16.0 Å². The molecule has 0 unspecified atom stereocenters. The summed E-state index contributed by atoms with van der Waals surface area (Å²) in [4.78, 5) is 36.1. The minimum Gasteiger partial charge on any atom is -0.345 e. The summed E-state index contributed by atoms with van der Waals surface area (Å²) in [5.41, 5.74) is 2.91. The molecule has 4 rings (SSSR count). The number of carbonyl (C=O) groups is 2. The maximum Gasteiger partial charge on any atom is 0.226 e. The Hall–Kier alpha value is -2.37. The van der Waals surface area contributed by atoms with Crippen LogP contribution in [0.4, 0.5) is 0 Å². The van der Waals surface area contributed by atoms with Crippen LogP contribution in [0.1, 0.15) is 30.7 Å². The highest BCUT2D eigenvalue weighted by Crippen LogP contribution is 2.40. The van der Waals surface area contributed by atoms with Crippen LogP contribution in [0.3, 0.4) is 0 Å². The van der Waals surface area contributed by atoms with Crippen LogP contribution in [0.25, 0.3) is 11.0 Å². The number of fused-ring (bicyclic) bond motifs is 2. The predicted molar refractivity (Wildman–Crippen MR) is 99.6 cm³/mol. The number of rotatable bonds is 3. The summed E-state index contributed by atoms with van der Waals surface area (Å²) in [7, 11) is 3.79. The molecule has 2 aromatic rings. The number of imidazole rings is 1. The Morgan fingerprint density at radius 3 is 2.92 bits per heavy atom. The van der Waals surface area contributed by atoms with Gasteiger partial charge in [-0.25, -0.2) is 4.98 Å². The van der Waals surface area contributed by atoms with Gasteiger partial charge >= 0.3 is 0 Å². The van der Waals surface area contributed by atoms with Crippen molar-refractivity contribution in [3.8, 4) is 0 Å². The van der Waals surface area contributed by atoms with Gasteiger partial charge in [-0.3, -0.25) is 9.59 Å². The minimum atomic E-state index is 0.143. The van der Waals surface area contributed by atoms with Crippen LogP contribution >= 0.6 is 0 Å². The quantitative estimate of drug-likeness (QED) is 0.918. The molecular weight excluding hydrogens is 328 g/mol. The standard InChI is InChI=1S/C20H26N4O2/c1-12-21-17-5-4-13(6-18(17)22-12)7-20(26)24(3)16-8-14-10-19(25)23(2)11-15(14)9-16/h4-6,14-16H,7-11H2,1-3H3,(H,21,22)/t14-,15+,16-/m0/s1. The van der Waals surface area contributed by atoms with E-state index in [4.69, 9.17) is 0 Å². The Morgan fingerprint density at radius 2 is 2.12 bits per heavy atom. The molecule has 1 aromatic carbocycles. The molecule has 3 atom stereocenters. The average molecular weight is 354 g/mol.